The number of alkyl halides is 3. The molecule has 0 aromatic carbocycles. The summed E-state index contributed by atoms with van der Waals surface area (Å²) in [5.41, 5.74) is 0.196. The van der Waals surface area contributed by atoms with E-state index in [0.29, 0.717) is 21.9 Å². The van der Waals surface area contributed by atoms with E-state index in [1.54, 1.807) is 7.05 Å². The standard InChI is InChI=1S/C8H5ClF3N3S/c1-13-6-5-3(14-7(9)15-6)2-4(16-5)8(10,11)12/h2H,1H3,(H,13,14,15). The van der Waals surface area contributed by atoms with Gasteiger partial charge in [0, 0.05) is 7.05 Å². The lowest BCUT2D eigenvalue weighted by molar-refractivity contribution is -0.134. The molecular weight excluding hydrogens is 263 g/mol. The largest absolute Gasteiger partial charge is 0.425 e. The van der Waals surface area contributed by atoms with Gasteiger partial charge in [0.1, 0.15) is 10.7 Å². The summed E-state index contributed by atoms with van der Waals surface area (Å²) in [4.78, 5) is 6.83. The average molecular weight is 268 g/mol. The van der Waals surface area contributed by atoms with Gasteiger partial charge in [0.2, 0.25) is 5.28 Å². The maximum atomic E-state index is 12.5. The van der Waals surface area contributed by atoms with E-state index < -0.39 is 11.1 Å². The van der Waals surface area contributed by atoms with Gasteiger partial charge >= 0.3 is 6.18 Å². The van der Waals surface area contributed by atoms with Crippen LogP contribution >= 0.6 is 22.9 Å². The second kappa shape index (κ2) is 3.74. The summed E-state index contributed by atoms with van der Waals surface area (Å²) in [6, 6.07) is 0.967. The van der Waals surface area contributed by atoms with E-state index in [4.69, 9.17) is 11.6 Å². The molecule has 3 nitrogen and oxygen atoms in total. The van der Waals surface area contributed by atoms with Crippen LogP contribution in [0.2, 0.25) is 5.28 Å². The average Bonchev–Trinajstić information content (AvgIpc) is 2.59. The highest BCUT2D eigenvalue weighted by Crippen LogP contribution is 2.39. The Labute approximate surface area is 97.3 Å². The number of fused-ring (bicyclic) bond motifs is 1. The molecule has 0 saturated carbocycles. The van der Waals surface area contributed by atoms with E-state index in [-0.39, 0.29) is 10.8 Å². The first-order valence-electron chi connectivity index (χ1n) is 4.14. The lowest BCUT2D eigenvalue weighted by atomic mass is 10.4. The summed E-state index contributed by atoms with van der Waals surface area (Å²) in [5.74, 6) is 0.301. The van der Waals surface area contributed by atoms with Gasteiger partial charge in [-0.15, -0.1) is 11.3 Å². The number of thiophene rings is 1. The third-order valence-electron chi connectivity index (χ3n) is 1.86. The van der Waals surface area contributed by atoms with Gasteiger partial charge < -0.3 is 5.32 Å². The van der Waals surface area contributed by atoms with Crippen LogP contribution in [0.3, 0.4) is 0 Å². The van der Waals surface area contributed by atoms with Crippen LogP contribution < -0.4 is 5.32 Å². The van der Waals surface area contributed by atoms with Gasteiger partial charge in [-0.05, 0) is 17.7 Å². The van der Waals surface area contributed by atoms with E-state index >= 15 is 0 Å². The topological polar surface area (TPSA) is 37.8 Å². The maximum absolute atomic E-state index is 12.5. The van der Waals surface area contributed by atoms with Gasteiger partial charge in [-0.2, -0.15) is 18.2 Å². The predicted molar refractivity (Wildman–Crippen MR) is 57.0 cm³/mol. The molecule has 0 amide bonds. The zero-order chi connectivity index (χ0) is 11.9. The number of anilines is 1. The Morgan fingerprint density at radius 2 is 2.06 bits per heavy atom. The molecule has 0 radical (unpaired) electrons. The van der Waals surface area contributed by atoms with Crippen LogP contribution in [0.1, 0.15) is 4.88 Å². The number of hydrogen-bond donors (Lipinski definition) is 1. The van der Waals surface area contributed by atoms with Gasteiger partial charge in [0.25, 0.3) is 0 Å². The minimum atomic E-state index is -4.37. The van der Waals surface area contributed by atoms with Gasteiger partial charge in [0.05, 0.1) is 10.2 Å². The van der Waals surface area contributed by atoms with E-state index in [2.05, 4.69) is 15.3 Å². The number of nitrogens with zero attached hydrogens (tertiary/aromatic N) is 2. The zero-order valence-corrected chi connectivity index (χ0v) is 9.46. The molecule has 0 unspecified atom stereocenters. The van der Waals surface area contributed by atoms with Crippen molar-refractivity contribution in [2.45, 2.75) is 6.18 Å². The summed E-state index contributed by atoms with van der Waals surface area (Å²) in [7, 11) is 1.56. The predicted octanol–water partition coefficient (Wildman–Crippen LogP) is 3.41. The van der Waals surface area contributed by atoms with Crippen molar-refractivity contribution in [2.75, 3.05) is 12.4 Å². The molecule has 16 heavy (non-hydrogen) atoms. The number of rotatable bonds is 1. The van der Waals surface area contributed by atoms with Crippen molar-refractivity contribution in [3.8, 4) is 0 Å². The van der Waals surface area contributed by atoms with Crippen LogP contribution in [0, 0.1) is 0 Å². The first-order valence-corrected chi connectivity index (χ1v) is 5.33. The summed E-state index contributed by atoms with van der Waals surface area (Å²) in [5, 5.41) is 2.60. The van der Waals surface area contributed by atoms with Crippen LogP contribution in [0.15, 0.2) is 6.07 Å². The second-order valence-electron chi connectivity index (χ2n) is 2.91. The van der Waals surface area contributed by atoms with Crippen molar-refractivity contribution in [3.05, 3.63) is 16.2 Å². The van der Waals surface area contributed by atoms with E-state index in [1.807, 2.05) is 0 Å². The summed E-state index contributed by atoms with van der Waals surface area (Å²) in [6.07, 6.45) is -4.37. The molecule has 86 valence electrons. The van der Waals surface area contributed by atoms with Gasteiger partial charge in [-0.25, -0.2) is 4.98 Å². The third-order valence-corrected chi connectivity index (χ3v) is 3.21. The van der Waals surface area contributed by atoms with Crippen molar-refractivity contribution in [2.24, 2.45) is 0 Å². The minimum absolute atomic E-state index is 0.0802. The minimum Gasteiger partial charge on any atom is -0.372 e. The molecule has 0 aliphatic carbocycles. The van der Waals surface area contributed by atoms with Crippen molar-refractivity contribution < 1.29 is 13.2 Å². The molecule has 2 aromatic heterocycles. The molecule has 0 saturated heterocycles. The highest BCUT2D eigenvalue weighted by molar-refractivity contribution is 7.19. The monoisotopic (exact) mass is 267 g/mol. The number of hydrogen-bond acceptors (Lipinski definition) is 4. The number of nitrogens with one attached hydrogen (secondary N) is 1. The second-order valence-corrected chi connectivity index (χ2v) is 4.30. The van der Waals surface area contributed by atoms with E-state index in [9.17, 15) is 13.2 Å². The molecule has 0 bridgehead atoms. The molecule has 0 aliphatic rings. The first-order chi connectivity index (χ1) is 7.41. The fourth-order valence-corrected chi connectivity index (χ4v) is 2.35. The van der Waals surface area contributed by atoms with Gasteiger partial charge in [-0.1, -0.05) is 0 Å². The third kappa shape index (κ3) is 1.92. The highest BCUT2D eigenvalue weighted by atomic mass is 35.5. The summed E-state index contributed by atoms with van der Waals surface area (Å²) < 4.78 is 37.8. The van der Waals surface area contributed by atoms with E-state index in [1.165, 1.54) is 0 Å². The molecular formula is C8H5ClF3N3S. The Morgan fingerprint density at radius 1 is 1.38 bits per heavy atom. The first kappa shape index (κ1) is 11.4. The number of halogens is 4. The number of aromatic nitrogens is 2. The Morgan fingerprint density at radius 3 is 2.62 bits per heavy atom. The van der Waals surface area contributed by atoms with Crippen LogP contribution in [0.4, 0.5) is 19.0 Å². The van der Waals surface area contributed by atoms with Crippen molar-refractivity contribution in [3.63, 3.8) is 0 Å². The molecule has 2 heterocycles. The Hall–Kier alpha value is -1.08. The smallest absolute Gasteiger partial charge is 0.372 e. The Balaban J connectivity index is 2.70. The van der Waals surface area contributed by atoms with Gasteiger partial charge in [-0.3, -0.25) is 0 Å². The van der Waals surface area contributed by atoms with Crippen LogP contribution in [0.25, 0.3) is 10.2 Å². The quantitative estimate of drug-likeness (QED) is 0.805. The molecule has 8 heteroatoms. The van der Waals surface area contributed by atoms with Crippen LogP contribution in [0.5, 0.6) is 0 Å². The van der Waals surface area contributed by atoms with Gasteiger partial charge in [0.15, 0.2) is 0 Å². The SMILES string of the molecule is CNc1nc(Cl)nc2cc(C(F)(F)F)sc12. The Bertz CT molecular complexity index is 537. The van der Waals surface area contributed by atoms with Crippen molar-refractivity contribution >= 4 is 39.0 Å². The lowest BCUT2D eigenvalue weighted by Crippen LogP contribution is -2.00. The van der Waals surface area contributed by atoms with Crippen LogP contribution in [-0.2, 0) is 6.18 Å². The Kier molecular flexibility index (Phi) is 2.67. The summed E-state index contributed by atoms with van der Waals surface area (Å²) >= 11 is 6.18. The van der Waals surface area contributed by atoms with Crippen molar-refractivity contribution in [1.82, 2.24) is 9.97 Å². The fraction of sp³-hybridized carbons (Fsp3) is 0.250. The molecule has 0 aliphatic heterocycles. The summed E-state index contributed by atoms with van der Waals surface area (Å²) in [6.45, 7) is 0. The van der Waals surface area contributed by atoms with E-state index in [0.717, 1.165) is 6.07 Å². The highest BCUT2D eigenvalue weighted by Gasteiger charge is 2.33. The van der Waals surface area contributed by atoms with Crippen molar-refractivity contribution in [1.29, 1.82) is 0 Å². The molecule has 2 aromatic rings. The lowest BCUT2D eigenvalue weighted by Gasteiger charge is -2.00. The molecule has 1 N–H and O–H groups in total. The molecule has 2 rings (SSSR count). The molecule has 0 atom stereocenters. The molecule has 0 spiro atoms. The normalized spacial score (nSPS) is 12.1. The van der Waals surface area contributed by atoms with Crippen LogP contribution in [-0.4, -0.2) is 17.0 Å². The zero-order valence-electron chi connectivity index (χ0n) is 7.89. The molecule has 0 fully saturated rings. The fourth-order valence-electron chi connectivity index (χ4n) is 1.21. The maximum Gasteiger partial charge on any atom is 0.425 e.